The Hall–Kier alpha value is 0.200. The Morgan fingerprint density at radius 3 is 2.82 bits per heavy atom. The normalized spacial score (nSPS) is 9.73. The van der Waals surface area contributed by atoms with E-state index in [1.54, 1.807) is 0 Å². The molecule has 5 nitrogen and oxygen atoms in total. The molecule has 0 amide bonds. The van der Waals surface area contributed by atoms with E-state index in [2.05, 4.69) is 14.5 Å². The molecule has 1 atom stereocenters. The fourth-order valence-corrected chi connectivity index (χ4v) is 0.667. The average Bonchev–Trinajstić information content (AvgIpc) is 1.88. The number of nitrogens with zero attached hydrogens (tertiary/aromatic N) is 2. The van der Waals surface area contributed by atoms with Crippen LogP contribution in [0.2, 0.25) is 0 Å². The molecule has 0 bridgehead atoms. The summed E-state index contributed by atoms with van der Waals surface area (Å²) in [6, 6.07) is 0. The van der Waals surface area contributed by atoms with Gasteiger partial charge in [-0.2, -0.15) is 0 Å². The van der Waals surface area contributed by atoms with Crippen LogP contribution < -0.4 is 4.52 Å². The van der Waals surface area contributed by atoms with E-state index in [0.717, 1.165) is 0 Å². The maximum atomic E-state index is 10.0. The van der Waals surface area contributed by atoms with E-state index in [4.69, 9.17) is 4.89 Å². The first-order valence-electron chi connectivity index (χ1n) is 2.39. The van der Waals surface area contributed by atoms with Crippen molar-refractivity contribution in [2.75, 3.05) is 0 Å². The van der Waals surface area contributed by atoms with Crippen LogP contribution in [0.15, 0.2) is 18.6 Å². The summed E-state index contributed by atoms with van der Waals surface area (Å²) in [5, 5.41) is 0. The summed E-state index contributed by atoms with van der Waals surface area (Å²) in [5.74, 6) is 0.0473. The van der Waals surface area contributed by atoms with Crippen LogP contribution in [-0.2, 0) is 4.57 Å². The molecule has 7 heteroatoms. The van der Waals surface area contributed by atoms with Gasteiger partial charge < -0.3 is 2.85 Å². The van der Waals surface area contributed by atoms with Crippen LogP contribution in [0.4, 0.5) is 0 Å². The molecule has 1 aromatic heterocycles. The van der Waals surface area contributed by atoms with E-state index in [1.165, 1.54) is 18.6 Å². The third-order valence-electron chi connectivity index (χ3n) is 0.711. The molecule has 1 unspecified atom stereocenters. The predicted molar refractivity (Wildman–Crippen MR) is 40.5 cm³/mol. The van der Waals surface area contributed by atoms with Crippen LogP contribution in [0.3, 0.4) is 0 Å². The largest absolute Gasteiger partial charge is 2.00 e. The minimum absolute atomic E-state index is 0. The maximum absolute atomic E-state index is 10.0. The first-order chi connectivity index (χ1) is 4.79. The Kier molecular flexibility index (Phi) is 5.91. The predicted octanol–water partition coefficient (Wildman–Crippen LogP) is 0.349. The van der Waals surface area contributed by atoms with Crippen molar-refractivity contribution in [2.45, 2.75) is 0 Å². The van der Waals surface area contributed by atoms with Gasteiger partial charge in [0.25, 0.3) is 5.88 Å². The molecule has 0 saturated carbocycles. The van der Waals surface area contributed by atoms with Crippen molar-refractivity contribution in [1.29, 1.82) is 0 Å². The second kappa shape index (κ2) is 5.80. The molecular weight excluding hydrogens is 195 g/mol. The first kappa shape index (κ1) is 11.2. The maximum Gasteiger partial charge on any atom is 2.00 e. The molecule has 1 heterocycles. The Bertz CT molecular complexity index is 240. The number of aromatic nitrogens is 2. The summed E-state index contributed by atoms with van der Waals surface area (Å²) in [6.07, 6.45) is 4.06. The van der Waals surface area contributed by atoms with Gasteiger partial charge >= 0.3 is 46.0 Å². The van der Waals surface area contributed by atoms with E-state index in [0.29, 0.717) is 0 Å². The molecule has 0 aromatic carbocycles. The molecule has 0 aliphatic heterocycles. The molecule has 0 radical (unpaired) electrons. The molecule has 56 valence electrons. The molecule has 1 rings (SSSR count). The monoisotopic (exact) mass is 201 g/mol. The minimum atomic E-state index is -2.63. The first-order valence-corrected chi connectivity index (χ1v) is 3.52. The number of hydrogen-bond donors (Lipinski definition) is 1. The van der Waals surface area contributed by atoms with Crippen LogP contribution in [0.25, 0.3) is 0 Å². The van der Waals surface area contributed by atoms with E-state index in [-0.39, 0.29) is 46.5 Å². The Labute approximate surface area is 96.7 Å². The molecular formula is C4H6CaN2O3P+. The minimum Gasteiger partial charge on any atom is -1.00 e. The molecule has 0 fully saturated rings. The van der Waals surface area contributed by atoms with E-state index >= 15 is 0 Å². The second-order valence-corrected chi connectivity index (χ2v) is 2.03. The van der Waals surface area contributed by atoms with E-state index in [9.17, 15) is 4.57 Å². The molecule has 11 heavy (non-hydrogen) atoms. The Morgan fingerprint density at radius 2 is 2.36 bits per heavy atom. The van der Waals surface area contributed by atoms with Gasteiger partial charge in [0.15, 0.2) is 0 Å². The summed E-state index contributed by atoms with van der Waals surface area (Å²) in [6.45, 7) is 0. The summed E-state index contributed by atoms with van der Waals surface area (Å²) in [7, 11) is -2.63. The van der Waals surface area contributed by atoms with E-state index < -0.39 is 8.25 Å². The van der Waals surface area contributed by atoms with Crippen molar-refractivity contribution in [3.05, 3.63) is 18.6 Å². The van der Waals surface area contributed by atoms with Crippen molar-refractivity contribution in [3.8, 4) is 5.88 Å². The van der Waals surface area contributed by atoms with Crippen LogP contribution in [-0.4, -0.2) is 52.6 Å². The van der Waals surface area contributed by atoms with Crippen LogP contribution in [0.1, 0.15) is 2.85 Å². The van der Waals surface area contributed by atoms with Crippen molar-refractivity contribution < 1.29 is 16.8 Å². The van der Waals surface area contributed by atoms with Gasteiger partial charge in [-0.05, 0) is 0 Å². The van der Waals surface area contributed by atoms with Gasteiger partial charge in [0, 0.05) is 17.0 Å². The smallest absolute Gasteiger partial charge is 1.00 e. The van der Waals surface area contributed by atoms with Crippen molar-refractivity contribution in [3.63, 3.8) is 0 Å². The van der Waals surface area contributed by atoms with Crippen molar-refractivity contribution in [1.82, 2.24) is 9.97 Å². The van der Waals surface area contributed by atoms with Gasteiger partial charge in [0.2, 0.25) is 0 Å². The van der Waals surface area contributed by atoms with Gasteiger partial charge in [-0.3, -0.25) is 4.98 Å². The summed E-state index contributed by atoms with van der Waals surface area (Å²) in [5.41, 5.74) is 0. The van der Waals surface area contributed by atoms with Gasteiger partial charge in [0.05, 0.1) is 6.20 Å². The van der Waals surface area contributed by atoms with Gasteiger partial charge in [-0.1, -0.05) is 0 Å². The SMILES string of the molecule is O=[P+](O)Oc1cnccn1.[Ca+2].[H-].[H-]. The molecule has 0 aliphatic rings. The third kappa shape index (κ3) is 4.61. The van der Waals surface area contributed by atoms with Crippen molar-refractivity contribution in [2.24, 2.45) is 0 Å². The summed E-state index contributed by atoms with van der Waals surface area (Å²) < 4.78 is 14.3. The quantitative estimate of drug-likeness (QED) is 0.552. The third-order valence-corrected chi connectivity index (χ3v) is 1.05. The Balaban J connectivity index is -0.000000333. The molecule has 0 aliphatic carbocycles. The van der Waals surface area contributed by atoms with Crippen LogP contribution in [0.5, 0.6) is 5.88 Å². The average molecular weight is 201 g/mol. The van der Waals surface area contributed by atoms with Crippen LogP contribution >= 0.6 is 8.25 Å². The second-order valence-electron chi connectivity index (χ2n) is 1.37. The fraction of sp³-hybridized carbons (Fsp3) is 0. The summed E-state index contributed by atoms with van der Waals surface area (Å²) >= 11 is 0. The molecule has 1 N–H and O–H groups in total. The van der Waals surface area contributed by atoms with Gasteiger partial charge in [0.1, 0.15) is 0 Å². The number of rotatable bonds is 2. The number of hydrogen-bond acceptors (Lipinski definition) is 4. The van der Waals surface area contributed by atoms with Gasteiger partial charge in [-0.25, -0.2) is 9.51 Å². The molecule has 1 aromatic rings. The molecule has 0 saturated heterocycles. The molecule has 0 spiro atoms. The zero-order valence-electron chi connectivity index (χ0n) is 7.54. The standard InChI is InChI=1S/C4H3N2O3P.Ca.2H/c7-10(8)9-4-3-5-1-2-6-4;;;/h1-3H;;;/q;+2;2*-1/p+1. The summed E-state index contributed by atoms with van der Waals surface area (Å²) in [4.78, 5) is 15.4. The topological polar surface area (TPSA) is 72.3 Å². The zero-order chi connectivity index (χ0) is 7.40. The zero-order valence-corrected chi connectivity index (χ0v) is 8.65. The van der Waals surface area contributed by atoms with E-state index in [1.807, 2.05) is 0 Å². The Morgan fingerprint density at radius 1 is 1.64 bits per heavy atom. The fourth-order valence-electron chi connectivity index (χ4n) is 0.413. The van der Waals surface area contributed by atoms with Crippen LogP contribution in [0, 0.1) is 0 Å². The van der Waals surface area contributed by atoms with Gasteiger partial charge in [-0.15, -0.1) is 4.89 Å². The van der Waals surface area contributed by atoms with Crippen molar-refractivity contribution >= 4 is 46.0 Å².